The van der Waals surface area contributed by atoms with E-state index in [4.69, 9.17) is 9.47 Å². The lowest BCUT2D eigenvalue weighted by molar-refractivity contribution is 0.481. The third-order valence-electron chi connectivity index (χ3n) is 6.48. The van der Waals surface area contributed by atoms with Gasteiger partial charge in [0.25, 0.3) is 0 Å². The summed E-state index contributed by atoms with van der Waals surface area (Å²) in [6.45, 7) is 8.86. The van der Waals surface area contributed by atoms with Gasteiger partial charge in [0.2, 0.25) is 0 Å². The molecule has 3 aromatic rings. The number of rotatable bonds is 14. The van der Waals surface area contributed by atoms with E-state index in [1.165, 1.54) is 49.7 Å². The number of aryl methyl sites for hydroxylation is 2. The average Bonchev–Trinajstić information content (AvgIpc) is 2.87. The Kier molecular flexibility index (Phi) is 10.5. The Labute approximate surface area is 206 Å². The van der Waals surface area contributed by atoms with E-state index >= 15 is 0 Å². The zero-order valence-electron chi connectivity index (χ0n) is 21.7. The SMILES string of the molecule is CCCCC/C=C/Oc1c2ccc(CC)cc2c(O/C=C/CCCCC)c2cc(CC)ccc12. The van der Waals surface area contributed by atoms with Crippen LogP contribution in [0.5, 0.6) is 11.5 Å². The number of benzene rings is 3. The molecule has 0 atom stereocenters. The largest absolute Gasteiger partial charge is 0.464 e. The van der Waals surface area contributed by atoms with E-state index in [1.807, 2.05) is 12.5 Å². The molecule has 0 aliphatic carbocycles. The molecule has 2 heteroatoms. The number of allylic oxidation sites excluding steroid dienone is 2. The first-order chi connectivity index (χ1) is 16.7. The summed E-state index contributed by atoms with van der Waals surface area (Å²) in [6, 6.07) is 13.3. The van der Waals surface area contributed by atoms with Crippen molar-refractivity contribution in [2.75, 3.05) is 0 Å². The molecule has 0 aliphatic heterocycles. The molecule has 2 nitrogen and oxygen atoms in total. The normalized spacial score (nSPS) is 11.9. The molecular weight excluding hydrogens is 416 g/mol. The van der Waals surface area contributed by atoms with Gasteiger partial charge in [-0.05, 0) is 73.9 Å². The van der Waals surface area contributed by atoms with Crippen LogP contribution in [0.3, 0.4) is 0 Å². The van der Waals surface area contributed by atoms with Gasteiger partial charge in [-0.3, -0.25) is 0 Å². The van der Waals surface area contributed by atoms with Crippen molar-refractivity contribution in [3.05, 3.63) is 72.2 Å². The molecule has 3 aromatic carbocycles. The van der Waals surface area contributed by atoms with Crippen molar-refractivity contribution in [1.82, 2.24) is 0 Å². The van der Waals surface area contributed by atoms with E-state index in [1.54, 1.807) is 0 Å². The summed E-state index contributed by atoms with van der Waals surface area (Å²) < 4.78 is 12.7. The lowest BCUT2D eigenvalue weighted by Gasteiger charge is -2.17. The average molecular weight is 459 g/mol. The zero-order valence-corrected chi connectivity index (χ0v) is 21.7. The topological polar surface area (TPSA) is 18.5 Å². The molecule has 0 spiro atoms. The molecule has 0 fully saturated rings. The smallest absolute Gasteiger partial charge is 0.142 e. The van der Waals surface area contributed by atoms with Crippen LogP contribution in [0.25, 0.3) is 21.5 Å². The highest BCUT2D eigenvalue weighted by molar-refractivity contribution is 6.11. The Morgan fingerprint density at radius 2 is 1.00 bits per heavy atom. The predicted molar refractivity (Wildman–Crippen MR) is 148 cm³/mol. The van der Waals surface area contributed by atoms with Crippen molar-refractivity contribution in [3.8, 4) is 11.5 Å². The van der Waals surface area contributed by atoms with Crippen LogP contribution in [0.2, 0.25) is 0 Å². The van der Waals surface area contributed by atoms with Gasteiger partial charge >= 0.3 is 0 Å². The van der Waals surface area contributed by atoms with Gasteiger partial charge < -0.3 is 9.47 Å². The van der Waals surface area contributed by atoms with Crippen LogP contribution >= 0.6 is 0 Å². The van der Waals surface area contributed by atoms with Gasteiger partial charge in [-0.15, -0.1) is 0 Å². The lowest BCUT2D eigenvalue weighted by Crippen LogP contribution is -1.95. The van der Waals surface area contributed by atoms with Gasteiger partial charge in [-0.25, -0.2) is 0 Å². The molecule has 0 bridgehead atoms. The Morgan fingerprint density at radius 3 is 1.41 bits per heavy atom. The monoisotopic (exact) mass is 458 g/mol. The summed E-state index contributed by atoms with van der Waals surface area (Å²) in [5, 5.41) is 4.43. The fourth-order valence-electron chi connectivity index (χ4n) is 4.33. The summed E-state index contributed by atoms with van der Waals surface area (Å²) in [7, 11) is 0. The van der Waals surface area contributed by atoms with Gasteiger partial charge in [0.05, 0.1) is 12.5 Å². The number of fused-ring (bicyclic) bond motifs is 2. The van der Waals surface area contributed by atoms with Crippen molar-refractivity contribution in [2.45, 2.75) is 91.9 Å². The first kappa shape index (κ1) is 25.9. The molecule has 0 amide bonds. The molecule has 0 aromatic heterocycles. The maximum absolute atomic E-state index is 6.38. The van der Waals surface area contributed by atoms with E-state index < -0.39 is 0 Å². The molecule has 0 saturated carbocycles. The highest BCUT2D eigenvalue weighted by Gasteiger charge is 2.17. The summed E-state index contributed by atoms with van der Waals surface area (Å²) in [5.41, 5.74) is 2.60. The molecule has 0 unspecified atom stereocenters. The molecule has 0 heterocycles. The van der Waals surface area contributed by atoms with E-state index in [2.05, 4.69) is 76.2 Å². The van der Waals surface area contributed by atoms with Crippen molar-refractivity contribution in [2.24, 2.45) is 0 Å². The first-order valence-corrected chi connectivity index (χ1v) is 13.4. The Bertz CT molecular complexity index is 1040. The molecule has 34 heavy (non-hydrogen) atoms. The molecule has 0 radical (unpaired) electrons. The van der Waals surface area contributed by atoms with Crippen molar-refractivity contribution in [3.63, 3.8) is 0 Å². The van der Waals surface area contributed by atoms with E-state index in [9.17, 15) is 0 Å². The predicted octanol–water partition coefficient (Wildman–Crippen LogP) is 10.1. The minimum Gasteiger partial charge on any atom is -0.464 e. The Balaban J connectivity index is 2.08. The molecule has 0 aliphatic rings. The second-order valence-electron chi connectivity index (χ2n) is 9.10. The van der Waals surface area contributed by atoms with Crippen LogP contribution in [0, 0.1) is 0 Å². The highest BCUT2D eigenvalue weighted by atomic mass is 16.5. The maximum Gasteiger partial charge on any atom is 0.142 e. The van der Waals surface area contributed by atoms with Gasteiger partial charge in [0.15, 0.2) is 0 Å². The number of ether oxygens (including phenoxy) is 2. The van der Waals surface area contributed by atoms with Crippen LogP contribution in [0.15, 0.2) is 61.1 Å². The van der Waals surface area contributed by atoms with Crippen molar-refractivity contribution in [1.29, 1.82) is 0 Å². The number of unbranched alkanes of at least 4 members (excludes halogenated alkanes) is 6. The van der Waals surface area contributed by atoms with Crippen LogP contribution in [0.1, 0.15) is 90.2 Å². The van der Waals surface area contributed by atoms with Gasteiger partial charge in [0, 0.05) is 21.5 Å². The highest BCUT2D eigenvalue weighted by Crippen LogP contribution is 2.44. The Hall–Kier alpha value is -2.74. The second kappa shape index (κ2) is 13.8. The Morgan fingerprint density at radius 1 is 0.559 bits per heavy atom. The molecule has 0 saturated heterocycles. The molecule has 0 N–H and O–H groups in total. The third-order valence-corrected chi connectivity index (χ3v) is 6.48. The minimum absolute atomic E-state index is 0.918. The van der Waals surface area contributed by atoms with Gasteiger partial charge in [0.1, 0.15) is 11.5 Å². The minimum atomic E-state index is 0.918. The zero-order chi connectivity index (χ0) is 24.2. The molecular formula is C32H42O2. The maximum atomic E-state index is 6.38. The van der Waals surface area contributed by atoms with E-state index in [0.29, 0.717) is 0 Å². The quantitative estimate of drug-likeness (QED) is 0.136. The lowest BCUT2D eigenvalue weighted by atomic mass is 9.96. The summed E-state index contributed by atoms with van der Waals surface area (Å²) in [5.74, 6) is 1.85. The molecule has 182 valence electrons. The van der Waals surface area contributed by atoms with Crippen LogP contribution in [0.4, 0.5) is 0 Å². The summed E-state index contributed by atoms with van der Waals surface area (Å²) in [4.78, 5) is 0. The van der Waals surface area contributed by atoms with Crippen LogP contribution in [-0.4, -0.2) is 0 Å². The molecule has 3 rings (SSSR count). The van der Waals surface area contributed by atoms with E-state index in [0.717, 1.165) is 58.7 Å². The van der Waals surface area contributed by atoms with Crippen molar-refractivity contribution >= 4 is 21.5 Å². The summed E-state index contributed by atoms with van der Waals surface area (Å²) in [6.07, 6.45) is 19.5. The summed E-state index contributed by atoms with van der Waals surface area (Å²) >= 11 is 0. The van der Waals surface area contributed by atoms with Crippen LogP contribution < -0.4 is 9.47 Å². The third kappa shape index (κ3) is 6.65. The number of hydrogen-bond donors (Lipinski definition) is 0. The number of hydrogen-bond acceptors (Lipinski definition) is 2. The van der Waals surface area contributed by atoms with Gasteiger partial charge in [-0.1, -0.05) is 77.6 Å². The fraction of sp³-hybridized carbons (Fsp3) is 0.438. The van der Waals surface area contributed by atoms with Crippen LogP contribution in [-0.2, 0) is 12.8 Å². The van der Waals surface area contributed by atoms with Crippen molar-refractivity contribution < 1.29 is 9.47 Å². The standard InChI is InChI=1S/C32H42O2/c1-5-9-11-13-15-21-33-31-27-19-17-25(7-3)23-29(27)32(34-22-16-14-12-10-6-2)30-24-26(8-4)18-20-28(30)31/h15-24H,5-14H2,1-4H3/b21-15+,22-16+. The van der Waals surface area contributed by atoms with Gasteiger partial charge in [-0.2, -0.15) is 0 Å². The second-order valence-corrected chi connectivity index (χ2v) is 9.10. The fourth-order valence-corrected chi connectivity index (χ4v) is 4.33. The first-order valence-electron chi connectivity index (χ1n) is 13.4. The van der Waals surface area contributed by atoms with E-state index in [-0.39, 0.29) is 0 Å².